The third-order valence-corrected chi connectivity index (χ3v) is 12.7. The molecule has 4 heterocycles. The van der Waals surface area contributed by atoms with Gasteiger partial charge in [0.25, 0.3) is 0 Å². The van der Waals surface area contributed by atoms with Gasteiger partial charge in [0.2, 0.25) is 10.6 Å². The molecule has 2 saturated carbocycles. The molecule has 4 N–H and O–H groups in total. The second kappa shape index (κ2) is 13.1. The van der Waals surface area contributed by atoms with Crippen LogP contribution in [-0.4, -0.2) is 63.1 Å². The van der Waals surface area contributed by atoms with Crippen LogP contribution in [0.4, 0.5) is 11.6 Å². The number of rotatable bonds is 5. The first-order valence-electron chi connectivity index (χ1n) is 16.2. The van der Waals surface area contributed by atoms with Crippen molar-refractivity contribution >= 4 is 77.9 Å². The molecule has 0 amide bonds. The second-order valence-corrected chi connectivity index (χ2v) is 16.0. The van der Waals surface area contributed by atoms with Crippen LogP contribution < -0.4 is 16.4 Å². The number of hydrogen-bond acceptors (Lipinski definition) is 10. The van der Waals surface area contributed by atoms with Crippen molar-refractivity contribution < 1.29 is 0 Å². The smallest absolute Gasteiger partial charge is 0.225 e. The Morgan fingerprint density at radius 2 is 1.11 bits per heavy atom. The Hall–Kier alpha value is -1.82. The molecule has 0 spiro atoms. The van der Waals surface area contributed by atoms with E-state index in [2.05, 4.69) is 49.6 Å². The van der Waals surface area contributed by atoms with Crippen molar-refractivity contribution in [2.75, 3.05) is 24.7 Å². The lowest BCUT2D eigenvalue weighted by atomic mass is 9.90. The number of nitrogens with one attached hydrogen (secondary N) is 2. The molecule has 0 saturated heterocycles. The van der Waals surface area contributed by atoms with Crippen LogP contribution >= 0.6 is 45.9 Å². The van der Waals surface area contributed by atoms with E-state index in [1.165, 1.54) is 83.0 Å². The molecule has 0 radical (unpaired) electrons. The van der Waals surface area contributed by atoms with Crippen LogP contribution in [0.15, 0.2) is 0 Å². The summed E-state index contributed by atoms with van der Waals surface area (Å²) in [4.78, 5) is 25.3. The van der Waals surface area contributed by atoms with Gasteiger partial charge >= 0.3 is 0 Å². The number of anilines is 2. The summed E-state index contributed by atoms with van der Waals surface area (Å²) in [5.74, 6) is 1.90. The van der Waals surface area contributed by atoms with E-state index >= 15 is 0 Å². The third kappa shape index (κ3) is 6.40. The van der Waals surface area contributed by atoms with Crippen molar-refractivity contribution in [1.82, 2.24) is 24.8 Å². The number of hydrogen-bond donors (Lipinski definition) is 3. The Morgan fingerprint density at radius 1 is 0.659 bits per heavy atom. The molecule has 44 heavy (non-hydrogen) atoms. The summed E-state index contributed by atoms with van der Waals surface area (Å²) < 4.78 is 0. The van der Waals surface area contributed by atoms with E-state index < -0.39 is 0 Å². The Labute approximate surface area is 277 Å². The topological polar surface area (TPSA) is 105 Å². The van der Waals surface area contributed by atoms with Crippen molar-refractivity contribution in [3.8, 4) is 0 Å². The Balaban J connectivity index is 0.000000143. The van der Waals surface area contributed by atoms with Gasteiger partial charge in [0.15, 0.2) is 0 Å². The van der Waals surface area contributed by atoms with Crippen molar-refractivity contribution in [3.63, 3.8) is 0 Å². The van der Waals surface area contributed by atoms with Gasteiger partial charge in [0.05, 0.1) is 10.8 Å². The molecule has 12 heteroatoms. The van der Waals surface area contributed by atoms with E-state index in [0.29, 0.717) is 34.7 Å². The molecule has 0 aromatic carbocycles. The average molecular weight is 674 g/mol. The predicted octanol–water partition coefficient (Wildman–Crippen LogP) is 7.63. The largest absolute Gasteiger partial charge is 0.367 e. The first kappa shape index (κ1) is 30.8. The molecule has 4 aromatic heterocycles. The van der Waals surface area contributed by atoms with Crippen LogP contribution in [0.2, 0.25) is 10.6 Å². The van der Waals surface area contributed by atoms with Gasteiger partial charge in [-0.05, 0) is 138 Å². The van der Waals surface area contributed by atoms with Crippen LogP contribution in [0, 0.1) is 0 Å². The molecule has 8 nitrogen and oxygen atoms in total. The standard InChI is InChI=1S/C17H23ClN4S.C15H19ClN4S/c1-22(2)11-8-6-10(7-9-11)19-15-14-12-4-3-5-13(12)23-16(14)21-17(18)20-15;16-15-19-13(18-9-6-4-8(17)5-7-9)12-10-2-1-3-11(10)21-14(12)20-15/h10-11H,3-9H2,1-2H3,(H,19,20,21);8-9H,1-7,17H2,(H,18,19,20). The Bertz CT molecular complexity index is 1640. The van der Waals surface area contributed by atoms with E-state index in [9.17, 15) is 0 Å². The minimum absolute atomic E-state index is 0.345. The van der Waals surface area contributed by atoms with Gasteiger partial charge in [0.1, 0.15) is 21.3 Å². The van der Waals surface area contributed by atoms with Crippen LogP contribution in [0.1, 0.15) is 85.1 Å². The second-order valence-electron chi connectivity index (χ2n) is 13.1. The maximum Gasteiger partial charge on any atom is 0.225 e. The summed E-state index contributed by atoms with van der Waals surface area (Å²) in [6, 6.07) is 2.03. The van der Waals surface area contributed by atoms with Crippen LogP contribution in [0.25, 0.3) is 20.4 Å². The Kier molecular flexibility index (Phi) is 9.19. The molecule has 0 aliphatic heterocycles. The van der Waals surface area contributed by atoms with Gasteiger partial charge in [-0.3, -0.25) is 0 Å². The van der Waals surface area contributed by atoms with Crippen LogP contribution in [-0.2, 0) is 25.7 Å². The number of fused-ring (bicyclic) bond motifs is 6. The van der Waals surface area contributed by atoms with Gasteiger partial charge in [-0.25, -0.2) is 19.9 Å². The van der Waals surface area contributed by atoms with Gasteiger partial charge < -0.3 is 21.3 Å². The molecular weight excluding hydrogens is 631 g/mol. The number of halogens is 2. The molecule has 4 aromatic rings. The molecule has 0 unspecified atom stereocenters. The quantitative estimate of drug-likeness (QED) is 0.186. The fraction of sp³-hybridized carbons (Fsp3) is 0.625. The SMILES string of the molecule is CN(C)C1CCC(Nc2nc(Cl)nc3sc4c(c23)CCC4)CC1.NC1CCC(Nc2nc(Cl)nc3sc4c(c23)CCC4)CC1. The van der Waals surface area contributed by atoms with Crippen molar-refractivity contribution in [3.05, 3.63) is 31.4 Å². The highest BCUT2D eigenvalue weighted by Gasteiger charge is 2.27. The average Bonchev–Trinajstić information content (AvgIpc) is 3.76. The Morgan fingerprint density at radius 3 is 1.57 bits per heavy atom. The molecule has 0 bridgehead atoms. The zero-order valence-electron chi connectivity index (χ0n) is 25.6. The monoisotopic (exact) mass is 672 g/mol. The van der Waals surface area contributed by atoms with E-state index in [0.717, 1.165) is 59.8 Å². The van der Waals surface area contributed by atoms with Gasteiger partial charge in [-0.2, -0.15) is 0 Å². The maximum atomic E-state index is 6.17. The van der Waals surface area contributed by atoms with E-state index in [-0.39, 0.29) is 0 Å². The van der Waals surface area contributed by atoms with Crippen molar-refractivity contribution in [2.45, 2.75) is 114 Å². The molecule has 236 valence electrons. The summed E-state index contributed by atoms with van der Waals surface area (Å²) in [6.07, 6.45) is 16.4. The zero-order chi connectivity index (χ0) is 30.4. The lowest BCUT2D eigenvalue weighted by Gasteiger charge is -2.33. The van der Waals surface area contributed by atoms with Crippen LogP contribution in [0.3, 0.4) is 0 Å². The number of nitrogens with two attached hydrogens (primary N) is 1. The van der Waals surface area contributed by atoms with Gasteiger partial charge in [-0.1, -0.05) is 0 Å². The minimum Gasteiger partial charge on any atom is -0.367 e. The van der Waals surface area contributed by atoms with Crippen molar-refractivity contribution in [1.29, 1.82) is 0 Å². The number of aryl methyl sites for hydroxylation is 4. The van der Waals surface area contributed by atoms with E-state index in [1.807, 2.05) is 0 Å². The fourth-order valence-electron chi connectivity index (χ4n) is 7.54. The third-order valence-electron chi connectivity index (χ3n) is 9.96. The van der Waals surface area contributed by atoms with Crippen molar-refractivity contribution in [2.24, 2.45) is 5.73 Å². The van der Waals surface area contributed by atoms with Gasteiger partial charge in [-0.15, -0.1) is 22.7 Å². The lowest BCUT2D eigenvalue weighted by molar-refractivity contribution is 0.221. The van der Waals surface area contributed by atoms with E-state index in [1.54, 1.807) is 22.7 Å². The highest BCUT2D eigenvalue weighted by molar-refractivity contribution is 7.19. The summed E-state index contributed by atoms with van der Waals surface area (Å²) in [7, 11) is 4.36. The highest BCUT2D eigenvalue weighted by atomic mass is 35.5. The van der Waals surface area contributed by atoms with Gasteiger partial charge in [0, 0.05) is 33.9 Å². The summed E-state index contributed by atoms with van der Waals surface area (Å²) in [6.45, 7) is 0. The zero-order valence-corrected chi connectivity index (χ0v) is 28.7. The van der Waals surface area contributed by atoms with E-state index in [4.69, 9.17) is 28.9 Å². The molecule has 8 rings (SSSR count). The molecule has 2 fully saturated rings. The summed E-state index contributed by atoms with van der Waals surface area (Å²) >= 11 is 15.9. The lowest BCUT2D eigenvalue weighted by Crippen LogP contribution is -2.36. The molecule has 0 atom stereocenters. The highest BCUT2D eigenvalue weighted by Crippen LogP contribution is 2.42. The number of aromatic nitrogens is 4. The maximum absolute atomic E-state index is 6.17. The molecule has 4 aliphatic carbocycles. The fourth-order valence-corrected chi connectivity index (χ4v) is 10.5. The first-order valence-corrected chi connectivity index (χ1v) is 18.6. The summed E-state index contributed by atoms with van der Waals surface area (Å²) in [5, 5.41) is 10.5. The predicted molar refractivity (Wildman–Crippen MR) is 186 cm³/mol. The number of nitrogens with zero attached hydrogens (tertiary/aromatic N) is 5. The first-order chi connectivity index (χ1) is 21.3. The number of thiophene rings is 2. The molecular formula is C32H42Cl2N8S2. The van der Waals surface area contributed by atoms with Crippen LogP contribution in [0.5, 0.6) is 0 Å². The summed E-state index contributed by atoms with van der Waals surface area (Å²) in [5.41, 5.74) is 8.90. The molecule has 4 aliphatic rings. The normalized spacial score (nSPS) is 24.8. The minimum atomic E-state index is 0.345.